The van der Waals surface area contributed by atoms with E-state index in [2.05, 4.69) is 41.2 Å². The molecule has 0 bridgehead atoms. The van der Waals surface area contributed by atoms with Crippen LogP contribution in [0.15, 0.2) is 33.4 Å². The van der Waals surface area contributed by atoms with Gasteiger partial charge in [0.2, 0.25) is 0 Å². The molecule has 0 aliphatic heterocycles. The quantitative estimate of drug-likeness (QED) is 0.912. The molecule has 0 saturated heterocycles. The van der Waals surface area contributed by atoms with Crippen LogP contribution in [0.4, 0.5) is 0 Å². The standard InChI is InChI=1S/C12H14BrNOS/c1-8(12-4-3-5-15-12)14-7-10-6-11(13)9(2)16-10/h3-6,8,14H,7H2,1-2H3/t8-/m1/s1. The van der Waals surface area contributed by atoms with E-state index >= 15 is 0 Å². The third-order valence-electron chi connectivity index (χ3n) is 2.46. The number of thiophene rings is 1. The third kappa shape index (κ3) is 2.75. The molecule has 0 saturated carbocycles. The molecule has 0 unspecified atom stereocenters. The summed E-state index contributed by atoms with van der Waals surface area (Å²) in [5, 5.41) is 3.44. The Morgan fingerprint density at radius 1 is 1.56 bits per heavy atom. The molecule has 2 aromatic rings. The van der Waals surface area contributed by atoms with E-state index in [0.29, 0.717) is 0 Å². The molecular weight excluding hydrogens is 286 g/mol. The second-order valence-corrected chi connectivity index (χ2v) is 5.93. The maximum atomic E-state index is 5.34. The van der Waals surface area contributed by atoms with Crippen molar-refractivity contribution >= 4 is 27.3 Å². The van der Waals surface area contributed by atoms with Crippen molar-refractivity contribution in [1.29, 1.82) is 0 Å². The minimum atomic E-state index is 0.246. The lowest BCUT2D eigenvalue weighted by Crippen LogP contribution is -2.16. The predicted octanol–water partition coefficient (Wildman–Crippen LogP) is 4.26. The molecule has 2 rings (SSSR count). The summed E-state index contributed by atoms with van der Waals surface area (Å²) in [7, 11) is 0. The van der Waals surface area contributed by atoms with Gasteiger partial charge in [-0.3, -0.25) is 0 Å². The smallest absolute Gasteiger partial charge is 0.120 e. The van der Waals surface area contributed by atoms with Gasteiger partial charge in [-0.15, -0.1) is 11.3 Å². The van der Waals surface area contributed by atoms with E-state index < -0.39 is 0 Å². The fourth-order valence-electron chi connectivity index (χ4n) is 1.50. The van der Waals surface area contributed by atoms with Crippen molar-refractivity contribution in [3.8, 4) is 0 Å². The molecule has 0 fully saturated rings. The van der Waals surface area contributed by atoms with Gasteiger partial charge in [-0.25, -0.2) is 0 Å². The number of nitrogens with one attached hydrogen (secondary N) is 1. The van der Waals surface area contributed by atoms with Crippen LogP contribution in [0.1, 0.15) is 28.5 Å². The zero-order chi connectivity index (χ0) is 11.5. The Bertz CT molecular complexity index is 430. The van der Waals surface area contributed by atoms with Crippen molar-refractivity contribution in [2.45, 2.75) is 26.4 Å². The SMILES string of the molecule is Cc1sc(CN[C@H](C)c2ccco2)cc1Br. The highest BCUT2D eigenvalue weighted by Gasteiger charge is 2.08. The van der Waals surface area contributed by atoms with Gasteiger partial charge in [0.1, 0.15) is 5.76 Å². The van der Waals surface area contributed by atoms with Crippen LogP contribution in [-0.4, -0.2) is 0 Å². The van der Waals surface area contributed by atoms with Crippen molar-refractivity contribution in [2.24, 2.45) is 0 Å². The summed E-state index contributed by atoms with van der Waals surface area (Å²) < 4.78 is 6.54. The van der Waals surface area contributed by atoms with E-state index in [9.17, 15) is 0 Å². The summed E-state index contributed by atoms with van der Waals surface area (Å²) in [5.41, 5.74) is 0. The maximum Gasteiger partial charge on any atom is 0.120 e. The highest BCUT2D eigenvalue weighted by molar-refractivity contribution is 9.10. The van der Waals surface area contributed by atoms with Gasteiger partial charge in [0.05, 0.1) is 12.3 Å². The molecule has 4 heteroatoms. The second-order valence-electron chi connectivity index (χ2n) is 3.73. The summed E-state index contributed by atoms with van der Waals surface area (Å²) in [4.78, 5) is 2.66. The first-order chi connectivity index (χ1) is 7.66. The van der Waals surface area contributed by atoms with E-state index in [0.717, 1.165) is 12.3 Å². The number of hydrogen-bond donors (Lipinski definition) is 1. The lowest BCUT2D eigenvalue weighted by atomic mass is 10.2. The topological polar surface area (TPSA) is 25.2 Å². The third-order valence-corrected chi connectivity index (χ3v) is 4.60. The molecule has 0 aliphatic carbocycles. The first kappa shape index (κ1) is 11.9. The Morgan fingerprint density at radius 3 is 2.94 bits per heavy atom. The van der Waals surface area contributed by atoms with Gasteiger partial charge in [0.25, 0.3) is 0 Å². The van der Waals surface area contributed by atoms with E-state index in [1.165, 1.54) is 14.2 Å². The predicted molar refractivity (Wildman–Crippen MR) is 70.7 cm³/mol. The van der Waals surface area contributed by atoms with Crippen LogP contribution in [0.5, 0.6) is 0 Å². The molecule has 1 atom stereocenters. The number of rotatable bonds is 4. The number of furan rings is 1. The Labute approximate surface area is 108 Å². The first-order valence-electron chi connectivity index (χ1n) is 5.18. The monoisotopic (exact) mass is 299 g/mol. The first-order valence-corrected chi connectivity index (χ1v) is 6.79. The van der Waals surface area contributed by atoms with Crippen LogP contribution in [0.3, 0.4) is 0 Å². The van der Waals surface area contributed by atoms with Crippen LogP contribution >= 0.6 is 27.3 Å². The molecule has 0 spiro atoms. The van der Waals surface area contributed by atoms with Crippen molar-refractivity contribution in [3.63, 3.8) is 0 Å². The molecule has 2 heterocycles. The Kier molecular flexibility index (Phi) is 3.84. The zero-order valence-electron chi connectivity index (χ0n) is 9.29. The van der Waals surface area contributed by atoms with Gasteiger partial charge >= 0.3 is 0 Å². The lowest BCUT2D eigenvalue weighted by molar-refractivity contribution is 0.431. The summed E-state index contributed by atoms with van der Waals surface area (Å²) in [5.74, 6) is 0.979. The molecule has 0 amide bonds. The van der Waals surface area contributed by atoms with Crippen molar-refractivity contribution < 1.29 is 4.42 Å². The number of hydrogen-bond acceptors (Lipinski definition) is 3. The maximum absolute atomic E-state index is 5.34. The number of aryl methyl sites for hydroxylation is 1. The zero-order valence-corrected chi connectivity index (χ0v) is 11.7. The Balaban J connectivity index is 1.92. The highest BCUT2D eigenvalue weighted by Crippen LogP contribution is 2.26. The average Bonchev–Trinajstić information content (AvgIpc) is 2.86. The summed E-state index contributed by atoms with van der Waals surface area (Å²) in [6.07, 6.45) is 1.71. The molecule has 86 valence electrons. The molecule has 2 nitrogen and oxygen atoms in total. The van der Waals surface area contributed by atoms with E-state index in [1.807, 2.05) is 23.5 Å². The van der Waals surface area contributed by atoms with Crippen LogP contribution in [0.25, 0.3) is 0 Å². The van der Waals surface area contributed by atoms with Gasteiger partial charge in [0.15, 0.2) is 0 Å². The summed E-state index contributed by atoms with van der Waals surface area (Å²) in [6.45, 7) is 5.10. The van der Waals surface area contributed by atoms with Gasteiger partial charge < -0.3 is 9.73 Å². The van der Waals surface area contributed by atoms with Crippen LogP contribution < -0.4 is 5.32 Å². The average molecular weight is 300 g/mol. The van der Waals surface area contributed by atoms with Gasteiger partial charge in [-0.05, 0) is 48.0 Å². The minimum absolute atomic E-state index is 0.246. The minimum Gasteiger partial charge on any atom is -0.468 e. The van der Waals surface area contributed by atoms with Crippen molar-refractivity contribution in [2.75, 3.05) is 0 Å². The van der Waals surface area contributed by atoms with E-state index in [-0.39, 0.29) is 6.04 Å². The normalized spacial score (nSPS) is 12.9. The molecule has 2 aromatic heterocycles. The molecule has 16 heavy (non-hydrogen) atoms. The molecular formula is C12H14BrNOS. The fourth-order valence-corrected chi connectivity index (χ4v) is 3.05. The largest absolute Gasteiger partial charge is 0.468 e. The van der Waals surface area contributed by atoms with E-state index in [1.54, 1.807) is 6.26 Å². The van der Waals surface area contributed by atoms with Gasteiger partial charge in [-0.1, -0.05) is 0 Å². The second kappa shape index (κ2) is 5.17. The van der Waals surface area contributed by atoms with Crippen LogP contribution in [0, 0.1) is 6.92 Å². The van der Waals surface area contributed by atoms with Gasteiger partial charge in [-0.2, -0.15) is 0 Å². The molecule has 0 radical (unpaired) electrons. The van der Waals surface area contributed by atoms with Gasteiger partial charge in [0, 0.05) is 20.8 Å². The van der Waals surface area contributed by atoms with Crippen LogP contribution in [-0.2, 0) is 6.54 Å². The van der Waals surface area contributed by atoms with Crippen molar-refractivity contribution in [3.05, 3.63) is 44.4 Å². The summed E-state index contributed by atoms with van der Waals surface area (Å²) in [6, 6.07) is 6.32. The Hall–Kier alpha value is -0.580. The Morgan fingerprint density at radius 2 is 2.38 bits per heavy atom. The molecule has 0 aromatic carbocycles. The van der Waals surface area contributed by atoms with E-state index in [4.69, 9.17) is 4.42 Å². The lowest BCUT2D eigenvalue weighted by Gasteiger charge is -2.09. The number of halogens is 1. The van der Waals surface area contributed by atoms with Crippen molar-refractivity contribution in [1.82, 2.24) is 5.32 Å². The molecule has 1 N–H and O–H groups in total. The van der Waals surface area contributed by atoms with Crippen LogP contribution in [0.2, 0.25) is 0 Å². The fraction of sp³-hybridized carbons (Fsp3) is 0.333. The molecule has 0 aliphatic rings. The highest BCUT2D eigenvalue weighted by atomic mass is 79.9. The summed E-state index contributed by atoms with van der Waals surface area (Å²) >= 11 is 5.34.